The molecule has 3 saturated carbocycles. The summed E-state index contributed by atoms with van der Waals surface area (Å²) < 4.78 is 18.1. The van der Waals surface area contributed by atoms with Crippen LogP contribution in [0.3, 0.4) is 0 Å². The van der Waals surface area contributed by atoms with Gasteiger partial charge >= 0.3 is 0 Å². The van der Waals surface area contributed by atoms with Crippen molar-refractivity contribution in [3.63, 3.8) is 0 Å². The lowest BCUT2D eigenvalue weighted by molar-refractivity contribution is -0.148. The van der Waals surface area contributed by atoms with Crippen LogP contribution in [0.2, 0.25) is 0 Å². The molecule has 1 spiro atoms. The quantitative estimate of drug-likeness (QED) is 0.327. The molecule has 1 saturated heterocycles. The number of rotatable bonds is 3. The number of nitrogens with one attached hydrogen (secondary N) is 1. The predicted octanol–water partition coefficient (Wildman–Crippen LogP) is 3.07. The summed E-state index contributed by atoms with van der Waals surface area (Å²) in [5, 5.41) is 0. The molecule has 4 fully saturated rings. The summed E-state index contributed by atoms with van der Waals surface area (Å²) in [6.07, 6.45) is 11.8. The number of hydrogen-bond acceptors (Lipinski definition) is 5. The number of allylic oxidation sites excluding steroid dienone is 1. The fourth-order valence-electron chi connectivity index (χ4n) is 7.82. The molecule has 5 rings (SSSR count). The fourth-order valence-corrected chi connectivity index (χ4v) is 7.82. The van der Waals surface area contributed by atoms with Crippen molar-refractivity contribution in [2.75, 3.05) is 19.8 Å². The third-order valence-corrected chi connectivity index (χ3v) is 9.39. The second-order valence-electron chi connectivity index (χ2n) is 10.5. The number of ether oxygens (including phenoxy) is 3. The number of carbonyl (C=O) groups is 1. The van der Waals surface area contributed by atoms with E-state index in [0.717, 1.165) is 37.9 Å². The summed E-state index contributed by atoms with van der Waals surface area (Å²) in [5.74, 6) is 6.75. The number of nitrogens with two attached hydrogens (primary N) is 1. The summed E-state index contributed by atoms with van der Waals surface area (Å²) >= 11 is 0. The number of hydrogen-bond donors (Lipinski definition) is 2. The van der Waals surface area contributed by atoms with Crippen LogP contribution >= 0.6 is 0 Å². The molecule has 0 bridgehead atoms. The molecular weight excluding hydrogens is 368 g/mol. The van der Waals surface area contributed by atoms with Crippen LogP contribution in [0.25, 0.3) is 0 Å². The maximum absolute atomic E-state index is 11.6. The highest BCUT2D eigenvalue weighted by atomic mass is 16.7. The average Bonchev–Trinajstić information content (AvgIpc) is 3.31. The van der Waals surface area contributed by atoms with E-state index in [1.54, 1.807) is 5.57 Å². The molecule has 6 atom stereocenters. The molecule has 4 aliphatic carbocycles. The van der Waals surface area contributed by atoms with E-state index in [0.29, 0.717) is 5.92 Å². The van der Waals surface area contributed by atoms with Crippen LogP contribution in [0.4, 0.5) is 0 Å². The Kier molecular flexibility index (Phi) is 4.85. The number of carbonyl (C=O) groups excluding carboxylic acids is 1. The molecule has 6 nitrogen and oxygen atoms in total. The van der Waals surface area contributed by atoms with E-state index in [4.69, 9.17) is 20.1 Å². The monoisotopic (exact) mass is 404 g/mol. The number of hydrazine groups is 1. The van der Waals surface area contributed by atoms with Gasteiger partial charge in [0.1, 0.15) is 6.61 Å². The topological polar surface area (TPSA) is 82.8 Å². The van der Waals surface area contributed by atoms with Gasteiger partial charge in [0.2, 0.25) is 0 Å². The lowest BCUT2D eigenvalue weighted by Gasteiger charge is -2.59. The zero-order valence-electron chi connectivity index (χ0n) is 17.9. The lowest BCUT2D eigenvalue weighted by atomic mass is 9.47. The van der Waals surface area contributed by atoms with Gasteiger partial charge in [0.15, 0.2) is 5.79 Å². The first-order valence-corrected chi connectivity index (χ1v) is 11.5. The molecular formula is C23H36N2O4. The standard InChI is InChI=1S/C23H36N2O4/c1-21-9-10-23(28-11-12-29-23)13-15(21)3-4-16-17-5-6-19(27-14-20(26)25-24)22(17,2)8-7-18(16)21/h13,16-19H,3-12,14,24H2,1-2H3,(H,25,26)/t16-,17-,18-,19-,21-,22-/m0/s1. The molecule has 1 heterocycles. The maximum Gasteiger partial charge on any atom is 0.259 e. The van der Waals surface area contributed by atoms with E-state index in [1.165, 1.54) is 38.5 Å². The van der Waals surface area contributed by atoms with Crippen molar-refractivity contribution in [2.45, 2.75) is 77.1 Å². The minimum Gasteiger partial charge on any atom is -0.368 e. The molecule has 29 heavy (non-hydrogen) atoms. The van der Waals surface area contributed by atoms with E-state index in [2.05, 4.69) is 25.3 Å². The highest BCUT2D eigenvalue weighted by Crippen LogP contribution is 2.66. The van der Waals surface area contributed by atoms with E-state index in [-0.39, 0.29) is 29.4 Å². The molecule has 0 unspecified atom stereocenters. The van der Waals surface area contributed by atoms with Crippen molar-refractivity contribution in [3.05, 3.63) is 11.6 Å². The Balaban J connectivity index is 1.35. The molecule has 162 valence electrons. The highest BCUT2D eigenvalue weighted by molar-refractivity contribution is 5.76. The van der Waals surface area contributed by atoms with Gasteiger partial charge in [-0.05, 0) is 79.6 Å². The fraction of sp³-hybridized carbons (Fsp3) is 0.870. The molecule has 0 aromatic rings. The van der Waals surface area contributed by atoms with Crippen molar-refractivity contribution >= 4 is 5.91 Å². The number of amides is 1. The predicted molar refractivity (Wildman–Crippen MR) is 108 cm³/mol. The molecule has 0 aromatic heterocycles. The van der Waals surface area contributed by atoms with Gasteiger partial charge < -0.3 is 14.2 Å². The van der Waals surface area contributed by atoms with E-state index in [9.17, 15) is 4.79 Å². The SMILES string of the molecule is C[C@]12CC[C@H]3[C@@H](CCC4=CC5(CC[C@@]43C)OCCO5)[C@@H]1CC[C@@H]2OCC(=O)NN. The highest BCUT2D eigenvalue weighted by Gasteiger charge is 2.60. The van der Waals surface area contributed by atoms with E-state index >= 15 is 0 Å². The Bertz CT molecular complexity index is 703. The summed E-state index contributed by atoms with van der Waals surface area (Å²) in [4.78, 5) is 11.6. The molecule has 5 aliphatic rings. The van der Waals surface area contributed by atoms with Crippen LogP contribution < -0.4 is 11.3 Å². The van der Waals surface area contributed by atoms with Gasteiger partial charge in [0, 0.05) is 6.42 Å². The van der Waals surface area contributed by atoms with Gasteiger partial charge in [0.25, 0.3) is 5.91 Å². The summed E-state index contributed by atoms with van der Waals surface area (Å²) in [7, 11) is 0. The van der Waals surface area contributed by atoms with Gasteiger partial charge in [-0.15, -0.1) is 0 Å². The van der Waals surface area contributed by atoms with E-state index < -0.39 is 5.79 Å². The zero-order chi connectivity index (χ0) is 20.3. The first kappa shape index (κ1) is 20.0. The minimum atomic E-state index is -0.430. The van der Waals surface area contributed by atoms with Crippen molar-refractivity contribution in [1.29, 1.82) is 0 Å². The van der Waals surface area contributed by atoms with Gasteiger partial charge in [-0.1, -0.05) is 19.4 Å². The van der Waals surface area contributed by atoms with Crippen LogP contribution in [0.5, 0.6) is 0 Å². The summed E-state index contributed by atoms with van der Waals surface area (Å²) in [6.45, 7) is 6.43. The Morgan fingerprint density at radius 3 is 2.69 bits per heavy atom. The average molecular weight is 405 g/mol. The molecule has 1 amide bonds. The van der Waals surface area contributed by atoms with Gasteiger partial charge in [0.05, 0.1) is 19.3 Å². The van der Waals surface area contributed by atoms with Crippen molar-refractivity contribution in [2.24, 2.45) is 34.4 Å². The van der Waals surface area contributed by atoms with Crippen LogP contribution in [0, 0.1) is 28.6 Å². The molecule has 3 N–H and O–H groups in total. The largest absolute Gasteiger partial charge is 0.368 e. The normalized spacial score (nSPS) is 45.3. The lowest BCUT2D eigenvalue weighted by Crippen LogP contribution is -2.53. The maximum atomic E-state index is 11.6. The van der Waals surface area contributed by atoms with Gasteiger partial charge in [-0.25, -0.2) is 5.84 Å². The summed E-state index contributed by atoms with van der Waals surface area (Å²) in [5.41, 5.74) is 4.23. The second kappa shape index (κ2) is 7.04. The second-order valence-corrected chi connectivity index (χ2v) is 10.5. The first-order chi connectivity index (χ1) is 13.9. The minimum absolute atomic E-state index is 0.0737. The van der Waals surface area contributed by atoms with Crippen LogP contribution in [-0.4, -0.2) is 37.6 Å². The molecule has 1 aliphatic heterocycles. The third kappa shape index (κ3) is 3.01. The molecule has 0 aromatic carbocycles. The third-order valence-electron chi connectivity index (χ3n) is 9.39. The van der Waals surface area contributed by atoms with Crippen LogP contribution in [0.1, 0.15) is 65.2 Å². The van der Waals surface area contributed by atoms with Crippen LogP contribution in [-0.2, 0) is 19.0 Å². The molecule has 0 radical (unpaired) electrons. The van der Waals surface area contributed by atoms with Crippen molar-refractivity contribution in [1.82, 2.24) is 5.43 Å². The Hall–Kier alpha value is -0.950. The molecule has 6 heteroatoms. The zero-order valence-corrected chi connectivity index (χ0v) is 17.9. The van der Waals surface area contributed by atoms with Crippen LogP contribution in [0.15, 0.2) is 11.6 Å². The summed E-state index contributed by atoms with van der Waals surface area (Å²) in [6, 6.07) is 0. The smallest absolute Gasteiger partial charge is 0.259 e. The number of fused-ring (bicyclic) bond motifs is 5. The van der Waals surface area contributed by atoms with Gasteiger partial charge in [-0.3, -0.25) is 10.2 Å². The Labute approximate surface area is 173 Å². The van der Waals surface area contributed by atoms with E-state index in [1.807, 2.05) is 0 Å². The Morgan fingerprint density at radius 1 is 1.14 bits per heavy atom. The van der Waals surface area contributed by atoms with Crippen molar-refractivity contribution in [3.8, 4) is 0 Å². The first-order valence-electron chi connectivity index (χ1n) is 11.5. The van der Waals surface area contributed by atoms with Gasteiger partial charge in [-0.2, -0.15) is 0 Å². The Morgan fingerprint density at radius 2 is 1.93 bits per heavy atom. The van der Waals surface area contributed by atoms with Crippen molar-refractivity contribution < 1.29 is 19.0 Å².